The summed E-state index contributed by atoms with van der Waals surface area (Å²) in [5.41, 5.74) is 15.2. The highest BCUT2D eigenvalue weighted by molar-refractivity contribution is 6.13. The van der Waals surface area contributed by atoms with E-state index in [1.54, 1.807) is 12.1 Å². The maximum absolute atomic E-state index is 16.0. The van der Waals surface area contributed by atoms with Crippen LogP contribution >= 0.6 is 0 Å². The molecule has 0 aliphatic carbocycles. The molecule has 12 rings (SSSR count). The maximum Gasteiger partial charge on any atom is 0.416 e. The van der Waals surface area contributed by atoms with Crippen LogP contribution in [-0.4, -0.2) is 24.5 Å². The Bertz CT molecular complexity index is 3720. The summed E-state index contributed by atoms with van der Waals surface area (Å²) < 4.78 is 50.1. The van der Waals surface area contributed by atoms with Crippen LogP contribution in [0.2, 0.25) is 0 Å². The van der Waals surface area contributed by atoms with Gasteiger partial charge in [-0.05, 0) is 98.5 Å². The second-order valence-corrected chi connectivity index (χ2v) is 19.4. The van der Waals surface area contributed by atoms with Gasteiger partial charge in [0.1, 0.15) is 0 Å². The second-order valence-electron chi connectivity index (χ2n) is 19.4. The van der Waals surface area contributed by atoms with Crippen molar-refractivity contribution in [3.05, 3.63) is 246 Å². The highest BCUT2D eigenvalue weighted by Crippen LogP contribution is 2.47. The topological polar surface area (TPSA) is 56.5 Å². The van der Waals surface area contributed by atoms with E-state index < -0.39 is 11.7 Å². The van der Waals surface area contributed by atoms with Crippen LogP contribution < -0.4 is 0 Å². The maximum atomic E-state index is 16.0. The number of rotatable bonds is 9. The molecule has 0 radical (unpaired) electrons. The largest absolute Gasteiger partial charge is 0.416 e. The minimum atomic E-state index is -4.78. The van der Waals surface area contributed by atoms with Crippen LogP contribution in [0.3, 0.4) is 0 Å². The van der Waals surface area contributed by atoms with Gasteiger partial charge in [0.2, 0.25) is 0 Å². The van der Waals surface area contributed by atoms with Crippen molar-refractivity contribution in [2.75, 3.05) is 0 Å². The standard InChI is InChI=1S/C67H48F3N5/c1-41-29-42(2)32-51(31-41)49-25-27-62-54(35-49)55-36-50(52-33-43(3)30-44(4)34-52)26-28-63(55)75(62)64-56(60-39-58(45-17-9-5-10-18-45)71-65(73-60)47-21-13-7-14-22-47)37-53(67(68,69)70)38-57(64)61-40-59(46-19-11-6-12-20-46)72-66(74-61)48-23-15-8-16-24-48/h5-40H,1-4H3. The lowest BCUT2D eigenvalue weighted by Gasteiger charge is -2.22. The Morgan fingerprint density at radius 1 is 0.320 bits per heavy atom. The molecule has 0 aliphatic heterocycles. The van der Waals surface area contributed by atoms with Crippen LogP contribution in [-0.2, 0) is 6.18 Å². The Hall–Kier alpha value is -9.27. The van der Waals surface area contributed by atoms with Crippen molar-refractivity contribution < 1.29 is 13.2 Å². The molecule has 0 N–H and O–H groups in total. The van der Waals surface area contributed by atoms with Crippen molar-refractivity contribution in [3.63, 3.8) is 0 Å². The summed E-state index contributed by atoms with van der Waals surface area (Å²) in [5, 5.41) is 1.86. The Kier molecular flexibility index (Phi) is 11.8. The molecule has 0 aliphatic rings. The Morgan fingerprint density at radius 2 is 0.667 bits per heavy atom. The molecule has 3 heterocycles. The van der Waals surface area contributed by atoms with E-state index in [1.807, 2.05) is 121 Å². The van der Waals surface area contributed by atoms with Gasteiger partial charge >= 0.3 is 6.18 Å². The van der Waals surface area contributed by atoms with E-state index in [2.05, 4.69) is 105 Å². The van der Waals surface area contributed by atoms with Gasteiger partial charge in [-0.15, -0.1) is 0 Å². The van der Waals surface area contributed by atoms with Crippen molar-refractivity contribution in [3.8, 4) is 95.7 Å². The normalized spacial score (nSPS) is 11.7. The number of hydrogen-bond donors (Lipinski definition) is 0. The third kappa shape index (κ3) is 9.16. The number of fused-ring (bicyclic) bond motifs is 3. The monoisotopic (exact) mass is 979 g/mol. The molecule has 75 heavy (non-hydrogen) atoms. The zero-order valence-electron chi connectivity index (χ0n) is 41.7. The van der Waals surface area contributed by atoms with Crippen molar-refractivity contribution in [2.45, 2.75) is 33.9 Å². The fourth-order valence-corrected chi connectivity index (χ4v) is 10.5. The third-order valence-electron chi connectivity index (χ3n) is 13.7. The van der Waals surface area contributed by atoms with Gasteiger partial charge in [0.15, 0.2) is 11.6 Å². The van der Waals surface area contributed by atoms with Crippen molar-refractivity contribution in [1.29, 1.82) is 0 Å². The molecule has 0 saturated heterocycles. The average molecular weight is 980 g/mol. The lowest BCUT2D eigenvalue weighted by atomic mass is 9.95. The fraction of sp³-hybridized carbons (Fsp3) is 0.0746. The summed E-state index contributed by atoms with van der Waals surface area (Å²) in [6.45, 7) is 8.40. The van der Waals surface area contributed by atoms with E-state index in [0.29, 0.717) is 40.1 Å². The molecular weight excluding hydrogens is 932 g/mol. The number of hydrogen-bond acceptors (Lipinski definition) is 4. The smallest absolute Gasteiger partial charge is 0.308 e. The first-order valence-corrected chi connectivity index (χ1v) is 24.9. The molecule has 0 fully saturated rings. The van der Waals surface area contributed by atoms with E-state index in [9.17, 15) is 0 Å². The zero-order chi connectivity index (χ0) is 51.4. The van der Waals surface area contributed by atoms with Crippen LogP contribution in [0, 0.1) is 27.7 Å². The van der Waals surface area contributed by atoms with Gasteiger partial charge in [0.05, 0.1) is 45.1 Å². The minimum absolute atomic E-state index is 0.244. The molecule has 0 spiro atoms. The Morgan fingerprint density at radius 3 is 1.03 bits per heavy atom. The van der Waals surface area contributed by atoms with E-state index in [4.69, 9.17) is 19.9 Å². The number of nitrogens with zero attached hydrogens (tertiary/aromatic N) is 5. The Labute approximate surface area is 433 Å². The summed E-state index contributed by atoms with van der Waals surface area (Å²) in [5.74, 6) is 0.741. The summed E-state index contributed by atoms with van der Waals surface area (Å²) in [6.07, 6.45) is -4.78. The molecular formula is C67H48F3N5. The molecule has 8 heteroatoms. The first kappa shape index (κ1) is 46.8. The van der Waals surface area contributed by atoms with Crippen LogP contribution in [0.5, 0.6) is 0 Å². The van der Waals surface area contributed by atoms with E-state index in [1.165, 1.54) is 12.1 Å². The second kappa shape index (κ2) is 19.0. The van der Waals surface area contributed by atoms with Crippen LogP contribution in [0.1, 0.15) is 27.8 Å². The van der Waals surface area contributed by atoms with Crippen molar-refractivity contribution in [1.82, 2.24) is 24.5 Å². The van der Waals surface area contributed by atoms with Crippen LogP contribution in [0.15, 0.2) is 218 Å². The number of aryl methyl sites for hydroxylation is 4. The molecule has 0 bridgehead atoms. The molecule has 0 atom stereocenters. The van der Waals surface area contributed by atoms with Crippen LogP contribution in [0.25, 0.3) is 118 Å². The summed E-state index contributed by atoms with van der Waals surface area (Å²) in [7, 11) is 0. The Balaban J connectivity index is 1.25. The van der Waals surface area contributed by atoms with Crippen LogP contribution in [0.4, 0.5) is 13.2 Å². The summed E-state index contributed by atoms with van der Waals surface area (Å²) in [4.78, 5) is 20.6. The molecule has 12 aromatic rings. The lowest BCUT2D eigenvalue weighted by Crippen LogP contribution is -2.10. The fourth-order valence-electron chi connectivity index (χ4n) is 10.5. The van der Waals surface area contributed by atoms with Gasteiger partial charge in [-0.25, -0.2) is 19.9 Å². The zero-order valence-corrected chi connectivity index (χ0v) is 41.7. The van der Waals surface area contributed by atoms with Gasteiger partial charge in [-0.2, -0.15) is 13.2 Å². The molecule has 0 unspecified atom stereocenters. The first-order valence-electron chi connectivity index (χ1n) is 24.9. The van der Waals surface area contributed by atoms with Gasteiger partial charge < -0.3 is 4.57 Å². The minimum Gasteiger partial charge on any atom is -0.308 e. The SMILES string of the molecule is Cc1cc(C)cc(-c2ccc3c(c2)c2cc(-c4cc(C)cc(C)c4)ccc2n3-c2c(-c3cc(-c4ccccc4)nc(-c4ccccc4)n3)cc(C(F)(F)F)cc2-c2cc(-c3ccccc3)nc(-c3ccccc3)n2)c1. The summed E-state index contributed by atoms with van der Waals surface area (Å²) in [6, 6.07) is 70.5. The first-order chi connectivity index (χ1) is 36.4. The number of alkyl halides is 3. The lowest BCUT2D eigenvalue weighted by molar-refractivity contribution is -0.137. The summed E-state index contributed by atoms with van der Waals surface area (Å²) >= 11 is 0. The molecule has 9 aromatic carbocycles. The highest BCUT2D eigenvalue weighted by atomic mass is 19.4. The quantitative estimate of drug-likeness (QED) is 0.145. The van der Waals surface area contributed by atoms with Gasteiger partial charge in [-0.1, -0.05) is 192 Å². The molecule has 3 aromatic heterocycles. The van der Waals surface area contributed by atoms with E-state index in [0.717, 1.165) is 88.6 Å². The number of halogens is 3. The third-order valence-corrected chi connectivity index (χ3v) is 13.7. The van der Waals surface area contributed by atoms with Crippen molar-refractivity contribution in [2.24, 2.45) is 0 Å². The number of aromatic nitrogens is 5. The van der Waals surface area contributed by atoms with Gasteiger partial charge in [-0.3, -0.25) is 0 Å². The average Bonchev–Trinajstić information content (AvgIpc) is 3.75. The molecule has 5 nitrogen and oxygen atoms in total. The van der Waals surface area contributed by atoms with Gasteiger partial charge in [0, 0.05) is 44.2 Å². The molecule has 0 amide bonds. The van der Waals surface area contributed by atoms with E-state index in [-0.39, 0.29) is 11.1 Å². The molecule has 0 saturated carbocycles. The predicted molar refractivity (Wildman–Crippen MR) is 299 cm³/mol. The van der Waals surface area contributed by atoms with Gasteiger partial charge in [0.25, 0.3) is 0 Å². The van der Waals surface area contributed by atoms with E-state index >= 15 is 13.2 Å². The highest BCUT2D eigenvalue weighted by Gasteiger charge is 2.35. The predicted octanol–water partition coefficient (Wildman–Crippen LogP) is 18.0. The van der Waals surface area contributed by atoms with Crippen molar-refractivity contribution >= 4 is 21.8 Å². The number of benzene rings is 9. The molecule has 362 valence electrons.